The van der Waals surface area contributed by atoms with Crippen molar-refractivity contribution in [2.45, 2.75) is 4.90 Å². The van der Waals surface area contributed by atoms with Crippen LogP contribution in [-0.2, 0) is 14.8 Å². The van der Waals surface area contributed by atoms with Gasteiger partial charge in [-0.25, -0.2) is 8.42 Å². The molecule has 168 valence electrons. The first-order chi connectivity index (χ1) is 14.8. The molecule has 1 saturated heterocycles. The number of carbonyl (C=O) groups excluding carboxylic acids is 1. The highest BCUT2D eigenvalue weighted by Gasteiger charge is 2.27. The van der Waals surface area contributed by atoms with E-state index in [4.69, 9.17) is 21.1 Å². The summed E-state index contributed by atoms with van der Waals surface area (Å²) >= 11 is 6.05. The molecule has 0 spiro atoms. The van der Waals surface area contributed by atoms with Crippen molar-refractivity contribution in [1.29, 1.82) is 0 Å². The first-order valence-corrected chi connectivity index (χ1v) is 11.5. The number of carbonyl (C=O) groups is 1. The van der Waals surface area contributed by atoms with Gasteiger partial charge in [0.15, 0.2) is 0 Å². The SMILES string of the molecule is COc1ccc(N2CCN(C(=O)CN(C)S(=O)(=O)c3ccc(OC)c(Cl)c3)CC2)cc1. The number of hydrogen-bond acceptors (Lipinski definition) is 6. The molecule has 1 amide bonds. The van der Waals surface area contributed by atoms with Crippen molar-refractivity contribution in [3.63, 3.8) is 0 Å². The van der Waals surface area contributed by atoms with Crippen LogP contribution in [0.3, 0.4) is 0 Å². The number of halogens is 1. The molecule has 1 heterocycles. The Morgan fingerprint density at radius 2 is 1.68 bits per heavy atom. The summed E-state index contributed by atoms with van der Waals surface area (Å²) < 4.78 is 36.9. The van der Waals surface area contributed by atoms with Crippen molar-refractivity contribution in [3.05, 3.63) is 47.5 Å². The van der Waals surface area contributed by atoms with Crippen LogP contribution in [0.5, 0.6) is 11.5 Å². The average molecular weight is 468 g/mol. The predicted molar refractivity (Wildman–Crippen MR) is 120 cm³/mol. The van der Waals surface area contributed by atoms with E-state index in [0.29, 0.717) is 31.9 Å². The van der Waals surface area contributed by atoms with E-state index in [9.17, 15) is 13.2 Å². The summed E-state index contributed by atoms with van der Waals surface area (Å²) in [6.07, 6.45) is 0. The zero-order valence-electron chi connectivity index (χ0n) is 17.7. The van der Waals surface area contributed by atoms with Gasteiger partial charge < -0.3 is 19.3 Å². The third-order valence-electron chi connectivity index (χ3n) is 5.26. The molecule has 1 fully saturated rings. The van der Waals surface area contributed by atoms with Crippen molar-refractivity contribution in [2.24, 2.45) is 0 Å². The fourth-order valence-electron chi connectivity index (χ4n) is 3.37. The van der Waals surface area contributed by atoms with Gasteiger partial charge in [0, 0.05) is 38.9 Å². The maximum absolute atomic E-state index is 12.8. The summed E-state index contributed by atoms with van der Waals surface area (Å²) in [4.78, 5) is 16.6. The quantitative estimate of drug-likeness (QED) is 0.621. The predicted octanol–water partition coefficient (Wildman–Crippen LogP) is 2.33. The summed E-state index contributed by atoms with van der Waals surface area (Å²) in [7, 11) is 0.609. The molecule has 0 unspecified atom stereocenters. The van der Waals surface area contributed by atoms with E-state index in [1.54, 1.807) is 12.0 Å². The number of hydrogen-bond donors (Lipinski definition) is 0. The molecule has 31 heavy (non-hydrogen) atoms. The Kier molecular flexibility index (Phi) is 7.30. The monoisotopic (exact) mass is 467 g/mol. The number of anilines is 1. The Bertz CT molecular complexity index is 1020. The number of piperazine rings is 1. The zero-order chi connectivity index (χ0) is 22.6. The lowest BCUT2D eigenvalue weighted by Gasteiger charge is -2.36. The highest BCUT2D eigenvalue weighted by atomic mass is 35.5. The Hall–Kier alpha value is -2.49. The highest BCUT2D eigenvalue weighted by Crippen LogP contribution is 2.28. The summed E-state index contributed by atoms with van der Waals surface area (Å²) in [5, 5.41) is 0.193. The third kappa shape index (κ3) is 5.23. The molecule has 8 nitrogen and oxygen atoms in total. The lowest BCUT2D eigenvalue weighted by molar-refractivity contribution is -0.131. The van der Waals surface area contributed by atoms with Crippen molar-refractivity contribution in [2.75, 3.05) is 58.9 Å². The largest absolute Gasteiger partial charge is 0.497 e. The standard InChI is InChI=1S/C21H26ClN3O5S/c1-23(31(27,28)18-8-9-20(30-3)19(22)14-18)15-21(26)25-12-10-24(11-13-25)16-4-6-17(29-2)7-5-16/h4-9,14H,10-13,15H2,1-3H3. The van der Waals surface area contributed by atoms with Gasteiger partial charge in [-0.1, -0.05) is 11.6 Å². The molecule has 10 heteroatoms. The summed E-state index contributed by atoms with van der Waals surface area (Å²) in [6, 6.07) is 12.0. The van der Waals surface area contributed by atoms with Crippen molar-refractivity contribution < 1.29 is 22.7 Å². The van der Waals surface area contributed by atoms with Gasteiger partial charge in [-0.05, 0) is 42.5 Å². The molecular formula is C21H26ClN3O5S. The number of likely N-dealkylation sites (N-methyl/N-ethyl adjacent to an activating group) is 1. The molecule has 0 aromatic heterocycles. The average Bonchev–Trinajstić information content (AvgIpc) is 2.79. The lowest BCUT2D eigenvalue weighted by Crippen LogP contribution is -2.51. The first kappa shape index (κ1) is 23.2. The number of rotatable bonds is 7. The van der Waals surface area contributed by atoms with Gasteiger partial charge in [-0.15, -0.1) is 0 Å². The molecule has 0 radical (unpaired) electrons. The van der Waals surface area contributed by atoms with Crippen molar-refractivity contribution in [3.8, 4) is 11.5 Å². The zero-order valence-corrected chi connectivity index (χ0v) is 19.3. The molecule has 2 aromatic rings. The van der Waals surface area contributed by atoms with Crippen LogP contribution in [0.25, 0.3) is 0 Å². The van der Waals surface area contributed by atoms with Gasteiger partial charge in [0.05, 0.1) is 30.7 Å². The fourth-order valence-corrected chi connectivity index (χ4v) is 4.84. The maximum atomic E-state index is 12.8. The van der Waals surface area contributed by atoms with Crippen LogP contribution in [0.2, 0.25) is 5.02 Å². The molecule has 1 aliphatic rings. The van der Waals surface area contributed by atoms with Gasteiger partial charge >= 0.3 is 0 Å². The van der Waals surface area contributed by atoms with E-state index in [1.165, 1.54) is 32.4 Å². The van der Waals surface area contributed by atoms with Crippen molar-refractivity contribution in [1.82, 2.24) is 9.21 Å². The van der Waals surface area contributed by atoms with Gasteiger partial charge in [0.25, 0.3) is 0 Å². The Labute approximate surface area is 187 Å². The summed E-state index contributed by atoms with van der Waals surface area (Å²) in [6.45, 7) is 2.14. The van der Waals surface area contributed by atoms with Crippen LogP contribution in [0.1, 0.15) is 0 Å². The van der Waals surface area contributed by atoms with Crippen LogP contribution in [0.4, 0.5) is 5.69 Å². The number of methoxy groups -OCH3 is 2. The Balaban J connectivity index is 1.59. The minimum absolute atomic E-state index is 0.0120. The number of nitrogens with zero attached hydrogens (tertiary/aromatic N) is 3. The molecule has 0 saturated carbocycles. The van der Waals surface area contributed by atoms with Gasteiger partial charge in [-0.3, -0.25) is 4.79 Å². The van der Waals surface area contributed by atoms with E-state index in [0.717, 1.165) is 15.7 Å². The second kappa shape index (κ2) is 9.76. The van der Waals surface area contributed by atoms with Crippen LogP contribution in [0, 0.1) is 0 Å². The molecule has 0 aliphatic carbocycles. The highest BCUT2D eigenvalue weighted by molar-refractivity contribution is 7.89. The molecule has 2 aromatic carbocycles. The molecule has 3 rings (SSSR count). The van der Waals surface area contributed by atoms with Gasteiger partial charge in [-0.2, -0.15) is 4.31 Å². The molecular weight excluding hydrogens is 442 g/mol. The second-order valence-electron chi connectivity index (χ2n) is 7.12. The molecule has 0 atom stereocenters. The normalized spacial score (nSPS) is 14.6. The summed E-state index contributed by atoms with van der Waals surface area (Å²) in [5.41, 5.74) is 1.06. The second-order valence-corrected chi connectivity index (χ2v) is 9.58. The van der Waals surface area contributed by atoms with E-state index in [-0.39, 0.29) is 22.4 Å². The third-order valence-corrected chi connectivity index (χ3v) is 7.35. The lowest BCUT2D eigenvalue weighted by atomic mass is 10.2. The van der Waals surface area contributed by atoms with Crippen molar-refractivity contribution >= 4 is 33.2 Å². The minimum atomic E-state index is -3.86. The summed E-state index contributed by atoms with van der Waals surface area (Å²) in [5.74, 6) is 0.939. The Morgan fingerprint density at radius 3 is 2.23 bits per heavy atom. The number of ether oxygens (including phenoxy) is 2. The van der Waals surface area contributed by atoms with Gasteiger partial charge in [0.1, 0.15) is 11.5 Å². The molecule has 1 aliphatic heterocycles. The van der Waals surface area contributed by atoms with E-state index in [1.807, 2.05) is 24.3 Å². The van der Waals surface area contributed by atoms with E-state index < -0.39 is 10.0 Å². The van der Waals surface area contributed by atoms with Crippen LogP contribution >= 0.6 is 11.6 Å². The number of amides is 1. The minimum Gasteiger partial charge on any atom is -0.497 e. The van der Waals surface area contributed by atoms with Crippen LogP contribution < -0.4 is 14.4 Å². The van der Waals surface area contributed by atoms with Crippen LogP contribution in [-0.4, -0.2) is 77.5 Å². The first-order valence-electron chi connectivity index (χ1n) is 9.73. The van der Waals surface area contributed by atoms with Gasteiger partial charge in [0.2, 0.25) is 15.9 Å². The van der Waals surface area contributed by atoms with E-state index in [2.05, 4.69) is 4.90 Å². The topological polar surface area (TPSA) is 79.4 Å². The Morgan fingerprint density at radius 1 is 1.03 bits per heavy atom. The fraction of sp³-hybridized carbons (Fsp3) is 0.381. The van der Waals surface area contributed by atoms with Crippen LogP contribution in [0.15, 0.2) is 47.4 Å². The van der Waals surface area contributed by atoms with E-state index >= 15 is 0 Å². The number of sulfonamides is 1. The molecule has 0 bridgehead atoms. The maximum Gasteiger partial charge on any atom is 0.243 e. The number of benzene rings is 2. The molecule has 0 N–H and O–H groups in total. The smallest absolute Gasteiger partial charge is 0.243 e.